The molecular weight excluding hydrogens is 166 g/mol. The number of ether oxygens (including phenoxy) is 1. The van der Waals surface area contributed by atoms with E-state index in [1.54, 1.807) is 6.07 Å². The van der Waals surface area contributed by atoms with Crippen molar-refractivity contribution in [1.29, 1.82) is 5.26 Å². The summed E-state index contributed by atoms with van der Waals surface area (Å²) in [5, 5.41) is 8.55. The molecule has 1 rings (SSSR count). The van der Waals surface area contributed by atoms with Crippen molar-refractivity contribution in [1.82, 2.24) is 4.98 Å². The number of pyridine rings is 1. The molecular formula is C9H11N3O. The standard InChI is InChI=1S/C9H11N3O/c1-6(2)13-9-8(11)3-7(4-10)5-12-9/h3,5-6H,11H2,1-2H3. The zero-order valence-electron chi connectivity index (χ0n) is 7.61. The molecule has 0 aliphatic rings. The highest BCUT2D eigenvalue weighted by Gasteiger charge is 2.04. The average Bonchev–Trinajstić information content (AvgIpc) is 2.08. The van der Waals surface area contributed by atoms with Crippen LogP contribution in [0.5, 0.6) is 5.88 Å². The highest BCUT2D eigenvalue weighted by Crippen LogP contribution is 2.19. The fourth-order valence-electron chi connectivity index (χ4n) is 0.852. The summed E-state index contributed by atoms with van der Waals surface area (Å²) < 4.78 is 5.30. The van der Waals surface area contributed by atoms with E-state index in [-0.39, 0.29) is 6.10 Å². The largest absolute Gasteiger partial charge is 0.473 e. The number of nitrogens with zero attached hydrogens (tertiary/aromatic N) is 2. The van der Waals surface area contributed by atoms with E-state index < -0.39 is 0 Å². The minimum Gasteiger partial charge on any atom is -0.473 e. The summed E-state index contributed by atoms with van der Waals surface area (Å²) in [5.74, 6) is 0.383. The maximum atomic E-state index is 8.55. The summed E-state index contributed by atoms with van der Waals surface area (Å²) in [6, 6.07) is 3.50. The molecule has 4 heteroatoms. The summed E-state index contributed by atoms with van der Waals surface area (Å²) in [7, 11) is 0. The van der Waals surface area contributed by atoms with Crippen LogP contribution in [-0.2, 0) is 0 Å². The zero-order chi connectivity index (χ0) is 9.84. The van der Waals surface area contributed by atoms with Gasteiger partial charge in [-0.2, -0.15) is 5.26 Å². The van der Waals surface area contributed by atoms with Gasteiger partial charge in [-0.25, -0.2) is 4.98 Å². The Morgan fingerprint density at radius 2 is 2.31 bits per heavy atom. The minimum absolute atomic E-state index is 0.0303. The molecule has 0 radical (unpaired) electrons. The van der Waals surface area contributed by atoms with E-state index >= 15 is 0 Å². The second-order valence-electron chi connectivity index (χ2n) is 2.90. The predicted molar refractivity (Wildman–Crippen MR) is 49.1 cm³/mol. The molecule has 0 atom stereocenters. The highest BCUT2D eigenvalue weighted by atomic mass is 16.5. The van der Waals surface area contributed by atoms with Crippen molar-refractivity contribution in [3.63, 3.8) is 0 Å². The van der Waals surface area contributed by atoms with E-state index in [0.717, 1.165) is 0 Å². The van der Waals surface area contributed by atoms with Gasteiger partial charge in [0.2, 0.25) is 5.88 Å². The van der Waals surface area contributed by atoms with E-state index in [2.05, 4.69) is 4.98 Å². The van der Waals surface area contributed by atoms with Crippen LogP contribution < -0.4 is 10.5 Å². The quantitative estimate of drug-likeness (QED) is 0.739. The maximum absolute atomic E-state index is 8.55. The monoisotopic (exact) mass is 177 g/mol. The number of nitrogen functional groups attached to an aromatic ring is 1. The van der Waals surface area contributed by atoms with E-state index in [1.165, 1.54) is 6.20 Å². The Balaban J connectivity index is 2.93. The Morgan fingerprint density at radius 1 is 1.62 bits per heavy atom. The molecule has 0 unspecified atom stereocenters. The van der Waals surface area contributed by atoms with E-state index in [4.69, 9.17) is 15.7 Å². The summed E-state index contributed by atoms with van der Waals surface area (Å²) in [6.07, 6.45) is 1.47. The molecule has 0 saturated carbocycles. The lowest BCUT2D eigenvalue weighted by atomic mass is 10.3. The van der Waals surface area contributed by atoms with E-state index in [9.17, 15) is 0 Å². The molecule has 2 N–H and O–H groups in total. The fourth-order valence-corrected chi connectivity index (χ4v) is 0.852. The molecule has 0 fully saturated rings. The Morgan fingerprint density at radius 3 is 2.77 bits per heavy atom. The van der Waals surface area contributed by atoms with Gasteiger partial charge in [-0.3, -0.25) is 0 Å². The average molecular weight is 177 g/mol. The lowest BCUT2D eigenvalue weighted by Crippen LogP contribution is -2.08. The van der Waals surface area contributed by atoms with Crippen LogP contribution in [0.3, 0.4) is 0 Å². The normalized spacial score (nSPS) is 9.69. The third-order valence-electron chi connectivity index (χ3n) is 1.36. The number of nitriles is 1. The molecule has 0 amide bonds. The van der Waals surface area contributed by atoms with Crippen molar-refractivity contribution < 1.29 is 4.74 Å². The zero-order valence-corrected chi connectivity index (χ0v) is 7.61. The van der Waals surface area contributed by atoms with Crippen LogP contribution in [0.15, 0.2) is 12.3 Å². The van der Waals surface area contributed by atoms with Gasteiger partial charge in [0.05, 0.1) is 17.4 Å². The molecule has 0 aliphatic heterocycles. The number of hydrogen-bond donors (Lipinski definition) is 1. The van der Waals surface area contributed by atoms with Crippen molar-refractivity contribution in [2.75, 3.05) is 5.73 Å². The Labute approximate surface area is 77.0 Å². The Bertz CT molecular complexity index is 341. The Hall–Kier alpha value is -1.76. The lowest BCUT2D eigenvalue weighted by Gasteiger charge is -2.10. The van der Waals surface area contributed by atoms with Gasteiger partial charge in [0.1, 0.15) is 6.07 Å². The fraction of sp³-hybridized carbons (Fsp3) is 0.333. The Kier molecular flexibility index (Phi) is 2.70. The van der Waals surface area contributed by atoms with Crippen LogP contribution in [0.2, 0.25) is 0 Å². The summed E-state index contributed by atoms with van der Waals surface area (Å²) >= 11 is 0. The minimum atomic E-state index is 0.0303. The van der Waals surface area contributed by atoms with Gasteiger partial charge in [0, 0.05) is 6.20 Å². The van der Waals surface area contributed by atoms with Gasteiger partial charge in [-0.1, -0.05) is 0 Å². The predicted octanol–water partition coefficient (Wildman–Crippen LogP) is 1.32. The number of aromatic nitrogens is 1. The van der Waals surface area contributed by atoms with Crippen molar-refractivity contribution >= 4 is 5.69 Å². The molecule has 0 spiro atoms. The van der Waals surface area contributed by atoms with Gasteiger partial charge in [0.25, 0.3) is 0 Å². The second kappa shape index (κ2) is 3.76. The third kappa shape index (κ3) is 2.34. The van der Waals surface area contributed by atoms with Gasteiger partial charge >= 0.3 is 0 Å². The molecule has 0 aliphatic carbocycles. The highest BCUT2D eigenvalue weighted by molar-refractivity contribution is 5.51. The molecule has 1 heterocycles. The number of nitrogens with two attached hydrogens (primary N) is 1. The molecule has 0 aromatic carbocycles. The van der Waals surface area contributed by atoms with Crippen molar-refractivity contribution in [2.24, 2.45) is 0 Å². The molecule has 13 heavy (non-hydrogen) atoms. The number of hydrogen-bond acceptors (Lipinski definition) is 4. The molecule has 1 aromatic rings. The number of anilines is 1. The molecule has 0 saturated heterocycles. The first-order valence-corrected chi connectivity index (χ1v) is 3.95. The molecule has 1 aromatic heterocycles. The van der Waals surface area contributed by atoms with Crippen LogP contribution in [-0.4, -0.2) is 11.1 Å². The van der Waals surface area contributed by atoms with Gasteiger partial charge < -0.3 is 10.5 Å². The SMILES string of the molecule is CC(C)Oc1ncc(C#N)cc1N. The topological polar surface area (TPSA) is 71.9 Å². The second-order valence-corrected chi connectivity index (χ2v) is 2.90. The van der Waals surface area contributed by atoms with Crippen LogP contribution in [0.25, 0.3) is 0 Å². The first-order valence-electron chi connectivity index (χ1n) is 3.95. The first-order chi connectivity index (χ1) is 6.13. The van der Waals surface area contributed by atoms with Crippen LogP contribution in [0.1, 0.15) is 19.4 Å². The van der Waals surface area contributed by atoms with Crippen molar-refractivity contribution in [3.8, 4) is 11.9 Å². The van der Waals surface area contributed by atoms with Crippen molar-refractivity contribution in [2.45, 2.75) is 20.0 Å². The number of rotatable bonds is 2. The van der Waals surface area contributed by atoms with Gasteiger partial charge in [-0.05, 0) is 19.9 Å². The molecule has 68 valence electrons. The molecule has 4 nitrogen and oxygen atoms in total. The van der Waals surface area contributed by atoms with E-state index in [1.807, 2.05) is 19.9 Å². The maximum Gasteiger partial charge on any atom is 0.237 e. The van der Waals surface area contributed by atoms with Crippen LogP contribution in [0.4, 0.5) is 5.69 Å². The van der Waals surface area contributed by atoms with Crippen LogP contribution >= 0.6 is 0 Å². The lowest BCUT2D eigenvalue weighted by molar-refractivity contribution is 0.234. The summed E-state index contributed by atoms with van der Waals surface area (Å²) in [4.78, 5) is 3.92. The first kappa shape index (κ1) is 9.33. The van der Waals surface area contributed by atoms with Crippen LogP contribution in [0, 0.1) is 11.3 Å². The van der Waals surface area contributed by atoms with Gasteiger partial charge in [-0.15, -0.1) is 0 Å². The summed E-state index contributed by atoms with van der Waals surface area (Å²) in [6.45, 7) is 3.78. The molecule has 0 bridgehead atoms. The van der Waals surface area contributed by atoms with E-state index in [0.29, 0.717) is 17.1 Å². The smallest absolute Gasteiger partial charge is 0.237 e. The summed E-state index contributed by atoms with van der Waals surface area (Å²) in [5.41, 5.74) is 6.44. The van der Waals surface area contributed by atoms with Gasteiger partial charge in [0.15, 0.2) is 0 Å². The van der Waals surface area contributed by atoms with Crippen molar-refractivity contribution in [3.05, 3.63) is 17.8 Å². The third-order valence-corrected chi connectivity index (χ3v) is 1.36.